The first-order valence-corrected chi connectivity index (χ1v) is 10.0. The lowest BCUT2D eigenvalue weighted by Gasteiger charge is -2.20. The van der Waals surface area contributed by atoms with E-state index in [1.165, 1.54) is 25.1 Å². The molecule has 0 aliphatic heterocycles. The zero-order valence-corrected chi connectivity index (χ0v) is 16.2. The number of nitro benzene ring substituents is 1. The third kappa shape index (κ3) is 5.75. The van der Waals surface area contributed by atoms with Crippen molar-refractivity contribution in [2.75, 3.05) is 18.1 Å². The van der Waals surface area contributed by atoms with Gasteiger partial charge in [-0.25, -0.2) is 8.42 Å². The average Bonchev–Trinajstić information content (AvgIpc) is 2.57. The van der Waals surface area contributed by atoms with Crippen LogP contribution in [0.15, 0.2) is 42.5 Å². The Balaban J connectivity index is 2.16. The zero-order chi connectivity index (χ0) is 20.2. The van der Waals surface area contributed by atoms with Crippen LogP contribution in [0.5, 0.6) is 0 Å². The van der Waals surface area contributed by atoms with Crippen LogP contribution in [0.2, 0.25) is 5.02 Å². The summed E-state index contributed by atoms with van der Waals surface area (Å²) in [5.41, 5.74) is 1.09. The molecular formula is C17H18ClN3O5S. The van der Waals surface area contributed by atoms with Gasteiger partial charge in [-0.3, -0.25) is 14.9 Å². The number of carbonyl (C=O) groups is 1. The molecular weight excluding hydrogens is 394 g/mol. The van der Waals surface area contributed by atoms with Gasteiger partial charge in [0.25, 0.3) is 5.69 Å². The first-order valence-electron chi connectivity index (χ1n) is 7.81. The molecule has 2 aromatic carbocycles. The smallest absolute Gasteiger partial charge is 0.274 e. The van der Waals surface area contributed by atoms with Gasteiger partial charge in [-0.05, 0) is 30.7 Å². The van der Waals surface area contributed by atoms with Gasteiger partial charge in [-0.15, -0.1) is 0 Å². The van der Waals surface area contributed by atoms with Gasteiger partial charge in [-0.1, -0.05) is 29.8 Å². The first kappa shape index (κ1) is 20.8. The lowest BCUT2D eigenvalue weighted by molar-refractivity contribution is -0.385. The van der Waals surface area contributed by atoms with Crippen molar-refractivity contribution < 1.29 is 18.1 Å². The highest BCUT2D eigenvalue weighted by Gasteiger charge is 2.22. The van der Waals surface area contributed by atoms with Gasteiger partial charge in [0, 0.05) is 17.6 Å². The van der Waals surface area contributed by atoms with E-state index < -0.39 is 27.4 Å². The number of anilines is 1. The molecule has 0 aliphatic rings. The van der Waals surface area contributed by atoms with E-state index in [1.54, 1.807) is 24.3 Å². The Morgan fingerprint density at radius 1 is 1.22 bits per heavy atom. The van der Waals surface area contributed by atoms with Crippen molar-refractivity contribution in [2.24, 2.45) is 0 Å². The molecule has 0 fully saturated rings. The maximum absolute atomic E-state index is 12.3. The fraction of sp³-hybridized carbons (Fsp3) is 0.235. The highest BCUT2D eigenvalue weighted by Crippen LogP contribution is 2.25. The van der Waals surface area contributed by atoms with Crippen LogP contribution in [0.25, 0.3) is 0 Å². The molecule has 0 heterocycles. The van der Waals surface area contributed by atoms with Gasteiger partial charge in [0.05, 0.1) is 29.0 Å². The van der Waals surface area contributed by atoms with Crippen LogP contribution in [-0.2, 0) is 21.4 Å². The van der Waals surface area contributed by atoms with Crippen molar-refractivity contribution in [1.29, 1.82) is 0 Å². The van der Waals surface area contributed by atoms with Gasteiger partial charge in [0.2, 0.25) is 15.9 Å². The second-order valence-corrected chi connectivity index (χ2v) is 8.33. The Hall–Kier alpha value is -2.49. The van der Waals surface area contributed by atoms with E-state index in [0.29, 0.717) is 16.1 Å². The molecule has 0 aliphatic carbocycles. The average molecular weight is 412 g/mol. The molecule has 0 aromatic heterocycles. The van der Waals surface area contributed by atoms with Crippen LogP contribution < -0.4 is 5.32 Å². The molecule has 1 amide bonds. The standard InChI is InChI=1S/C17H18ClN3O5S/c1-12-15(4-3-5-16(12)21(23)24)19-17(22)11-20(27(2,25)26)10-13-6-8-14(18)9-7-13/h3-9H,10-11H2,1-2H3,(H,19,22). The topological polar surface area (TPSA) is 110 Å². The molecule has 2 rings (SSSR count). The predicted octanol–water partition coefficient (Wildman–Crippen LogP) is 2.96. The zero-order valence-electron chi connectivity index (χ0n) is 14.7. The van der Waals surface area contributed by atoms with Crippen molar-refractivity contribution in [3.05, 3.63) is 68.7 Å². The summed E-state index contributed by atoms with van der Waals surface area (Å²) >= 11 is 5.82. The summed E-state index contributed by atoms with van der Waals surface area (Å²) in [6.07, 6.45) is 1.01. The van der Waals surface area contributed by atoms with E-state index in [0.717, 1.165) is 10.6 Å². The van der Waals surface area contributed by atoms with Crippen molar-refractivity contribution in [2.45, 2.75) is 13.5 Å². The Morgan fingerprint density at radius 3 is 2.41 bits per heavy atom. The fourth-order valence-electron chi connectivity index (χ4n) is 2.39. The number of carbonyl (C=O) groups excluding carboxylic acids is 1. The number of hydrogen-bond donors (Lipinski definition) is 1. The van der Waals surface area contributed by atoms with Crippen LogP contribution in [0, 0.1) is 17.0 Å². The molecule has 0 saturated heterocycles. The van der Waals surface area contributed by atoms with Crippen LogP contribution in [0.4, 0.5) is 11.4 Å². The van der Waals surface area contributed by atoms with Gasteiger partial charge in [-0.2, -0.15) is 4.31 Å². The van der Waals surface area contributed by atoms with Crippen molar-refractivity contribution in [3.63, 3.8) is 0 Å². The number of benzene rings is 2. The minimum Gasteiger partial charge on any atom is -0.324 e. The fourth-order valence-corrected chi connectivity index (χ4v) is 3.25. The number of nitrogens with zero attached hydrogens (tertiary/aromatic N) is 2. The molecule has 0 spiro atoms. The summed E-state index contributed by atoms with van der Waals surface area (Å²) < 4.78 is 25.1. The van der Waals surface area contributed by atoms with E-state index in [1.807, 2.05) is 0 Å². The maximum atomic E-state index is 12.3. The van der Waals surface area contributed by atoms with Crippen molar-refractivity contribution in [3.8, 4) is 0 Å². The Kier molecular flexibility index (Phi) is 6.53. The summed E-state index contributed by atoms with van der Waals surface area (Å²) in [6, 6.07) is 10.9. The number of hydrogen-bond acceptors (Lipinski definition) is 5. The monoisotopic (exact) mass is 411 g/mol. The van der Waals surface area contributed by atoms with Gasteiger partial charge < -0.3 is 5.32 Å². The number of sulfonamides is 1. The predicted molar refractivity (Wildman–Crippen MR) is 103 cm³/mol. The molecule has 8 nitrogen and oxygen atoms in total. The van der Waals surface area contributed by atoms with Gasteiger partial charge in [0.15, 0.2) is 0 Å². The number of nitrogens with one attached hydrogen (secondary N) is 1. The minimum atomic E-state index is -3.66. The lowest BCUT2D eigenvalue weighted by atomic mass is 10.1. The summed E-state index contributed by atoms with van der Waals surface area (Å²) in [5.74, 6) is -0.599. The molecule has 144 valence electrons. The van der Waals surface area contributed by atoms with Crippen LogP contribution in [0.1, 0.15) is 11.1 Å². The van der Waals surface area contributed by atoms with E-state index in [2.05, 4.69) is 5.32 Å². The highest BCUT2D eigenvalue weighted by molar-refractivity contribution is 7.88. The molecule has 1 N–H and O–H groups in total. The number of amides is 1. The quantitative estimate of drug-likeness (QED) is 0.556. The number of rotatable bonds is 7. The molecule has 27 heavy (non-hydrogen) atoms. The van der Waals surface area contributed by atoms with E-state index in [9.17, 15) is 23.3 Å². The normalized spacial score (nSPS) is 11.4. The molecule has 0 bridgehead atoms. The lowest BCUT2D eigenvalue weighted by Crippen LogP contribution is -2.37. The molecule has 2 aromatic rings. The molecule has 0 radical (unpaired) electrons. The van der Waals surface area contributed by atoms with E-state index in [4.69, 9.17) is 11.6 Å². The second kappa shape index (κ2) is 8.47. The Bertz CT molecular complexity index is 961. The summed E-state index contributed by atoms with van der Waals surface area (Å²) in [6.45, 7) is 1.08. The van der Waals surface area contributed by atoms with Crippen LogP contribution >= 0.6 is 11.6 Å². The van der Waals surface area contributed by atoms with Gasteiger partial charge >= 0.3 is 0 Å². The SMILES string of the molecule is Cc1c(NC(=O)CN(Cc2ccc(Cl)cc2)S(C)(=O)=O)cccc1[N+](=O)[O-]. The van der Waals surface area contributed by atoms with Crippen LogP contribution in [0.3, 0.4) is 0 Å². The van der Waals surface area contributed by atoms with Crippen molar-refractivity contribution >= 4 is 38.9 Å². The second-order valence-electron chi connectivity index (χ2n) is 5.91. The Morgan fingerprint density at radius 2 is 1.85 bits per heavy atom. The molecule has 0 saturated carbocycles. The molecule has 0 atom stereocenters. The molecule has 0 unspecified atom stereocenters. The minimum absolute atomic E-state index is 0.00264. The van der Waals surface area contributed by atoms with Crippen LogP contribution in [-0.4, -0.2) is 36.4 Å². The molecule has 10 heteroatoms. The summed E-state index contributed by atoms with van der Waals surface area (Å²) in [7, 11) is -3.66. The van der Waals surface area contributed by atoms with E-state index >= 15 is 0 Å². The number of nitro groups is 1. The highest BCUT2D eigenvalue weighted by atomic mass is 35.5. The van der Waals surface area contributed by atoms with Gasteiger partial charge in [0.1, 0.15) is 0 Å². The number of halogens is 1. The summed E-state index contributed by atoms with van der Waals surface area (Å²) in [4.78, 5) is 22.8. The first-order chi connectivity index (χ1) is 12.6. The third-order valence-electron chi connectivity index (χ3n) is 3.84. The summed E-state index contributed by atoms with van der Waals surface area (Å²) in [5, 5.41) is 14.0. The Labute approximate surface area is 162 Å². The third-order valence-corrected chi connectivity index (χ3v) is 5.29. The van der Waals surface area contributed by atoms with Crippen molar-refractivity contribution in [1.82, 2.24) is 4.31 Å². The van der Waals surface area contributed by atoms with E-state index in [-0.39, 0.29) is 17.9 Å². The maximum Gasteiger partial charge on any atom is 0.274 e. The largest absolute Gasteiger partial charge is 0.324 e.